The van der Waals surface area contributed by atoms with Gasteiger partial charge in [0.05, 0.1) is 12.5 Å². The zero-order valence-corrected chi connectivity index (χ0v) is 19.1. The number of hydrogen-bond donors (Lipinski definition) is 1. The van der Waals surface area contributed by atoms with Crippen LogP contribution in [0.5, 0.6) is 0 Å². The van der Waals surface area contributed by atoms with Crippen molar-refractivity contribution in [3.63, 3.8) is 0 Å². The Morgan fingerprint density at radius 1 is 1.23 bits per heavy atom. The van der Waals surface area contributed by atoms with Crippen LogP contribution >= 0.6 is 11.8 Å². The molecule has 1 aromatic rings. The zero-order chi connectivity index (χ0) is 21.9. The number of nitrogens with one attached hydrogen (secondary N) is 1. The molecule has 0 radical (unpaired) electrons. The van der Waals surface area contributed by atoms with E-state index in [1.165, 1.54) is 25.3 Å². The van der Waals surface area contributed by atoms with Crippen LogP contribution in [0.2, 0.25) is 0 Å². The number of rotatable bonds is 10. The largest absolute Gasteiger partial charge is 0.466 e. The van der Waals surface area contributed by atoms with Crippen molar-refractivity contribution in [2.24, 2.45) is 5.92 Å². The molecule has 1 fully saturated rings. The summed E-state index contributed by atoms with van der Waals surface area (Å²) in [4.78, 5) is 39.6. The van der Waals surface area contributed by atoms with Crippen LogP contribution in [-0.4, -0.2) is 54.2 Å². The lowest BCUT2D eigenvalue weighted by Gasteiger charge is -2.34. The maximum absolute atomic E-state index is 13.1. The number of nitrogens with zero attached hydrogens (tertiary/aromatic N) is 1. The van der Waals surface area contributed by atoms with Gasteiger partial charge in [0, 0.05) is 30.7 Å². The van der Waals surface area contributed by atoms with E-state index in [0.29, 0.717) is 25.4 Å². The van der Waals surface area contributed by atoms with Crippen LogP contribution in [0, 0.1) is 5.92 Å². The van der Waals surface area contributed by atoms with E-state index in [-0.39, 0.29) is 23.7 Å². The van der Waals surface area contributed by atoms with Gasteiger partial charge < -0.3 is 15.0 Å². The number of amides is 2. The molecule has 2 unspecified atom stereocenters. The van der Waals surface area contributed by atoms with Crippen LogP contribution in [0.25, 0.3) is 0 Å². The van der Waals surface area contributed by atoms with E-state index in [2.05, 4.69) is 36.5 Å². The first-order chi connectivity index (χ1) is 14.4. The predicted octanol–water partition coefficient (Wildman–Crippen LogP) is 3.43. The number of carbonyl (C=O) groups is 3. The van der Waals surface area contributed by atoms with Crippen molar-refractivity contribution in [1.82, 2.24) is 10.2 Å². The average Bonchev–Trinajstić information content (AvgIpc) is 2.75. The van der Waals surface area contributed by atoms with Crippen molar-refractivity contribution in [3.8, 4) is 0 Å². The van der Waals surface area contributed by atoms with E-state index in [1.54, 1.807) is 23.6 Å². The van der Waals surface area contributed by atoms with Gasteiger partial charge in [-0.2, -0.15) is 0 Å². The Hall–Kier alpha value is -2.02. The van der Waals surface area contributed by atoms with Gasteiger partial charge in [-0.05, 0) is 50.3 Å². The second kappa shape index (κ2) is 12.6. The van der Waals surface area contributed by atoms with Crippen molar-refractivity contribution in [3.05, 3.63) is 29.8 Å². The van der Waals surface area contributed by atoms with Crippen molar-refractivity contribution < 1.29 is 19.1 Å². The molecule has 7 heteroatoms. The molecule has 166 valence electrons. The average molecular weight is 435 g/mol. The number of carbonyl (C=O) groups excluding carboxylic acids is 3. The van der Waals surface area contributed by atoms with Crippen molar-refractivity contribution in [2.45, 2.75) is 63.8 Å². The number of esters is 1. The lowest BCUT2D eigenvalue weighted by Crippen LogP contribution is -2.52. The molecule has 0 saturated carbocycles. The highest BCUT2D eigenvalue weighted by atomic mass is 32.2. The Morgan fingerprint density at radius 3 is 2.60 bits per heavy atom. The van der Waals surface area contributed by atoms with E-state index in [9.17, 15) is 14.4 Å². The van der Waals surface area contributed by atoms with Gasteiger partial charge in [-0.3, -0.25) is 14.4 Å². The first kappa shape index (κ1) is 24.3. The highest BCUT2D eigenvalue weighted by molar-refractivity contribution is 7.99. The topological polar surface area (TPSA) is 75.7 Å². The summed E-state index contributed by atoms with van der Waals surface area (Å²) in [6.45, 7) is 6.67. The molecule has 6 nitrogen and oxygen atoms in total. The van der Waals surface area contributed by atoms with Gasteiger partial charge in [0.15, 0.2) is 0 Å². The molecule has 1 N–H and O–H groups in total. The van der Waals surface area contributed by atoms with E-state index >= 15 is 0 Å². The van der Waals surface area contributed by atoms with Crippen LogP contribution in [0.15, 0.2) is 29.2 Å². The first-order valence-electron chi connectivity index (χ1n) is 10.9. The monoisotopic (exact) mass is 434 g/mol. The Kier molecular flexibility index (Phi) is 10.2. The minimum Gasteiger partial charge on any atom is -0.466 e. The molecular formula is C23H34N2O4S. The van der Waals surface area contributed by atoms with Gasteiger partial charge in [0.25, 0.3) is 0 Å². The molecule has 0 aliphatic carbocycles. The summed E-state index contributed by atoms with van der Waals surface area (Å²) < 4.78 is 5.12. The molecule has 1 aromatic carbocycles. The number of thioether (sulfide) groups is 1. The zero-order valence-electron chi connectivity index (χ0n) is 18.3. The molecule has 30 heavy (non-hydrogen) atoms. The van der Waals surface area contributed by atoms with Crippen LogP contribution < -0.4 is 5.32 Å². The lowest BCUT2D eigenvalue weighted by atomic mass is 9.97. The number of ether oxygens (including phenoxy) is 1. The molecule has 2 amide bonds. The van der Waals surface area contributed by atoms with E-state index < -0.39 is 6.04 Å². The van der Waals surface area contributed by atoms with Gasteiger partial charge in [0.2, 0.25) is 11.8 Å². The maximum atomic E-state index is 13.1. The van der Waals surface area contributed by atoms with Gasteiger partial charge in [0.1, 0.15) is 6.04 Å². The quantitative estimate of drug-likeness (QED) is 0.451. The van der Waals surface area contributed by atoms with Crippen molar-refractivity contribution in [2.75, 3.05) is 25.4 Å². The van der Waals surface area contributed by atoms with Crippen LogP contribution in [0.3, 0.4) is 0 Å². The summed E-state index contributed by atoms with van der Waals surface area (Å²) in [6, 6.07) is 7.78. The molecule has 1 saturated heterocycles. The van der Waals surface area contributed by atoms with Crippen molar-refractivity contribution >= 4 is 29.5 Å². The molecule has 2 rings (SSSR count). The van der Waals surface area contributed by atoms with Crippen LogP contribution in [0.4, 0.5) is 0 Å². The van der Waals surface area contributed by atoms with E-state index in [0.717, 1.165) is 24.2 Å². The summed E-state index contributed by atoms with van der Waals surface area (Å²) in [5, 5.41) is 2.79. The summed E-state index contributed by atoms with van der Waals surface area (Å²) in [6.07, 6.45) is 4.91. The standard InChI is InChI=1S/C23H34N2O4S/c1-4-6-8-18-10-12-20(13-11-18)30-16-21(24-17(3)26)22(27)25-14-7-9-19(15-25)23(28)29-5-2/h10-13,19,21H,4-9,14-16H2,1-3H3,(H,24,26). The summed E-state index contributed by atoms with van der Waals surface area (Å²) in [5.74, 6) is -0.450. The smallest absolute Gasteiger partial charge is 0.310 e. The normalized spacial score (nSPS) is 17.3. The third kappa shape index (κ3) is 7.67. The number of unbranched alkanes of at least 4 members (excludes halogenated alkanes) is 1. The fourth-order valence-corrected chi connectivity index (χ4v) is 4.50. The third-order valence-corrected chi connectivity index (χ3v) is 6.29. The molecule has 0 bridgehead atoms. The fraction of sp³-hybridized carbons (Fsp3) is 0.609. The van der Waals surface area contributed by atoms with Crippen LogP contribution in [0.1, 0.15) is 52.0 Å². The van der Waals surface area contributed by atoms with Gasteiger partial charge in [-0.15, -0.1) is 11.8 Å². The molecular weight excluding hydrogens is 400 g/mol. The van der Waals surface area contributed by atoms with E-state index in [4.69, 9.17) is 4.74 Å². The number of piperidine rings is 1. The Balaban J connectivity index is 1.97. The Labute approximate surface area is 184 Å². The SMILES string of the molecule is CCCCc1ccc(SCC(NC(C)=O)C(=O)N2CCCC(C(=O)OCC)C2)cc1. The molecule has 0 spiro atoms. The number of benzene rings is 1. The highest BCUT2D eigenvalue weighted by Gasteiger charge is 2.32. The summed E-state index contributed by atoms with van der Waals surface area (Å²) >= 11 is 1.56. The Bertz CT molecular complexity index is 708. The third-order valence-electron chi connectivity index (χ3n) is 5.19. The molecule has 1 heterocycles. The molecule has 1 aliphatic heterocycles. The predicted molar refractivity (Wildman–Crippen MR) is 119 cm³/mol. The number of hydrogen-bond acceptors (Lipinski definition) is 5. The number of aryl methyl sites for hydroxylation is 1. The van der Waals surface area contributed by atoms with Crippen molar-refractivity contribution in [1.29, 1.82) is 0 Å². The highest BCUT2D eigenvalue weighted by Crippen LogP contribution is 2.23. The lowest BCUT2D eigenvalue weighted by molar-refractivity contribution is -0.151. The second-order valence-electron chi connectivity index (χ2n) is 7.69. The summed E-state index contributed by atoms with van der Waals surface area (Å²) in [7, 11) is 0. The first-order valence-corrected chi connectivity index (χ1v) is 11.9. The Morgan fingerprint density at radius 2 is 1.97 bits per heavy atom. The van der Waals surface area contributed by atoms with E-state index in [1.807, 2.05) is 0 Å². The summed E-state index contributed by atoms with van der Waals surface area (Å²) in [5.41, 5.74) is 1.31. The van der Waals surface area contributed by atoms with Gasteiger partial charge >= 0.3 is 5.97 Å². The second-order valence-corrected chi connectivity index (χ2v) is 8.78. The fourth-order valence-electron chi connectivity index (χ4n) is 3.58. The molecule has 1 aliphatic rings. The molecule has 0 aromatic heterocycles. The number of likely N-dealkylation sites (tertiary alicyclic amines) is 1. The minimum absolute atomic E-state index is 0.133. The van der Waals surface area contributed by atoms with Gasteiger partial charge in [-0.25, -0.2) is 0 Å². The maximum Gasteiger partial charge on any atom is 0.310 e. The van der Waals surface area contributed by atoms with Gasteiger partial charge in [-0.1, -0.05) is 25.5 Å². The molecule has 2 atom stereocenters. The minimum atomic E-state index is -0.617. The van der Waals surface area contributed by atoms with Crippen LogP contribution in [-0.2, 0) is 25.5 Å².